The third-order valence-electron chi connectivity index (χ3n) is 2.87. The number of aromatic nitrogens is 2. The Morgan fingerprint density at radius 3 is 2.45 bits per heavy atom. The van der Waals surface area contributed by atoms with Crippen LogP contribution in [0.4, 0.5) is 5.82 Å². The van der Waals surface area contributed by atoms with Crippen LogP contribution >= 0.6 is 33.9 Å². The molecule has 0 aliphatic carbocycles. The summed E-state index contributed by atoms with van der Waals surface area (Å²) in [6.45, 7) is 11.6. The lowest BCUT2D eigenvalue weighted by atomic mass is 9.92. The Morgan fingerprint density at radius 2 is 1.95 bits per heavy atom. The predicted octanol–water partition coefficient (Wildman–Crippen LogP) is 4.85. The maximum Gasteiger partial charge on any atom is 0.171 e. The van der Waals surface area contributed by atoms with Crippen LogP contribution in [0.5, 0.6) is 0 Å². The molecule has 0 unspecified atom stereocenters. The highest BCUT2D eigenvalue weighted by atomic mass is 127. The maximum atomic E-state index is 4.82. The first-order chi connectivity index (χ1) is 9.32. The van der Waals surface area contributed by atoms with Crippen molar-refractivity contribution in [3.63, 3.8) is 0 Å². The molecule has 0 amide bonds. The van der Waals surface area contributed by atoms with Gasteiger partial charge in [-0.05, 0) is 48.6 Å². The molecule has 3 nitrogen and oxygen atoms in total. The Kier molecular flexibility index (Phi) is 4.69. The summed E-state index contributed by atoms with van der Waals surface area (Å²) < 4.78 is 1.12. The molecule has 0 atom stereocenters. The topological polar surface area (TPSA) is 37.8 Å². The van der Waals surface area contributed by atoms with E-state index in [0.29, 0.717) is 0 Å². The molecular formula is C15H20IN3S. The van der Waals surface area contributed by atoms with Gasteiger partial charge in [-0.15, -0.1) is 11.3 Å². The quantitative estimate of drug-likeness (QED) is 0.748. The highest BCUT2D eigenvalue weighted by molar-refractivity contribution is 14.1. The summed E-state index contributed by atoms with van der Waals surface area (Å²) in [7, 11) is 0. The molecule has 0 saturated carbocycles. The molecule has 0 saturated heterocycles. The van der Waals surface area contributed by atoms with Crippen molar-refractivity contribution in [2.24, 2.45) is 0 Å². The minimum absolute atomic E-state index is 0.00465. The van der Waals surface area contributed by atoms with Crippen LogP contribution in [-0.2, 0) is 5.41 Å². The van der Waals surface area contributed by atoms with Crippen LogP contribution in [0, 0.1) is 10.5 Å². The number of halogens is 1. The van der Waals surface area contributed by atoms with E-state index >= 15 is 0 Å². The molecule has 0 fully saturated rings. The third kappa shape index (κ3) is 3.31. The van der Waals surface area contributed by atoms with E-state index in [4.69, 9.17) is 9.97 Å². The lowest BCUT2D eigenvalue weighted by molar-refractivity contribution is 0.564. The summed E-state index contributed by atoms with van der Waals surface area (Å²) in [6.07, 6.45) is 0. The molecule has 0 aliphatic heterocycles. The summed E-state index contributed by atoms with van der Waals surface area (Å²) in [6, 6.07) is 4.22. The Balaban J connectivity index is 2.61. The molecule has 0 aliphatic rings. The van der Waals surface area contributed by atoms with Crippen molar-refractivity contribution >= 4 is 39.7 Å². The van der Waals surface area contributed by atoms with Crippen LogP contribution < -0.4 is 5.32 Å². The van der Waals surface area contributed by atoms with Gasteiger partial charge in [0.05, 0.1) is 14.1 Å². The number of thiophene rings is 1. The van der Waals surface area contributed by atoms with Crippen molar-refractivity contribution in [3.05, 3.63) is 26.3 Å². The SMILES string of the molecule is CCNc1nc(-c2ccc(C)s2)nc(C(C)(C)C)c1I. The molecule has 2 rings (SSSR count). The van der Waals surface area contributed by atoms with Gasteiger partial charge in [0.25, 0.3) is 0 Å². The minimum atomic E-state index is 0.00465. The predicted molar refractivity (Wildman–Crippen MR) is 95.7 cm³/mol. The van der Waals surface area contributed by atoms with Gasteiger partial charge in [-0.25, -0.2) is 9.97 Å². The van der Waals surface area contributed by atoms with Gasteiger partial charge in [-0.2, -0.15) is 0 Å². The largest absolute Gasteiger partial charge is 0.369 e. The molecule has 0 aromatic carbocycles. The zero-order chi connectivity index (χ0) is 14.9. The number of hydrogen-bond acceptors (Lipinski definition) is 4. The molecule has 0 spiro atoms. The average molecular weight is 401 g/mol. The fourth-order valence-electron chi connectivity index (χ4n) is 1.89. The monoisotopic (exact) mass is 401 g/mol. The van der Waals surface area contributed by atoms with Gasteiger partial charge in [0.15, 0.2) is 5.82 Å². The van der Waals surface area contributed by atoms with E-state index in [1.54, 1.807) is 11.3 Å². The van der Waals surface area contributed by atoms with Crippen molar-refractivity contribution in [1.29, 1.82) is 0 Å². The van der Waals surface area contributed by atoms with Crippen LogP contribution in [-0.4, -0.2) is 16.5 Å². The molecule has 20 heavy (non-hydrogen) atoms. The number of nitrogens with zero attached hydrogens (tertiary/aromatic N) is 2. The third-order valence-corrected chi connectivity index (χ3v) is 4.89. The van der Waals surface area contributed by atoms with Gasteiger partial charge in [0.1, 0.15) is 5.82 Å². The van der Waals surface area contributed by atoms with Gasteiger partial charge >= 0.3 is 0 Å². The first-order valence-electron chi connectivity index (χ1n) is 6.71. The highest BCUT2D eigenvalue weighted by Crippen LogP contribution is 2.33. The number of aryl methyl sites for hydroxylation is 1. The first kappa shape index (κ1) is 15.7. The summed E-state index contributed by atoms with van der Waals surface area (Å²) in [5.74, 6) is 1.76. The standard InChI is InChI=1S/C15H20IN3S/c1-6-17-14-11(16)12(15(3,4)5)18-13(19-14)10-8-7-9(2)20-10/h7-8H,6H2,1-5H3,(H,17,18,19). The lowest BCUT2D eigenvalue weighted by Gasteiger charge is -2.21. The molecule has 0 radical (unpaired) electrons. The van der Waals surface area contributed by atoms with Gasteiger partial charge in [0.2, 0.25) is 0 Å². The second-order valence-electron chi connectivity index (χ2n) is 5.75. The van der Waals surface area contributed by atoms with Crippen molar-refractivity contribution < 1.29 is 0 Å². The summed E-state index contributed by atoms with van der Waals surface area (Å²) in [5, 5.41) is 3.35. The lowest BCUT2D eigenvalue weighted by Crippen LogP contribution is -2.18. The molecule has 2 aromatic heterocycles. The normalized spacial score (nSPS) is 11.7. The molecule has 5 heteroatoms. The molecule has 108 valence electrons. The first-order valence-corrected chi connectivity index (χ1v) is 8.61. The van der Waals surface area contributed by atoms with Crippen LogP contribution in [0.25, 0.3) is 10.7 Å². The zero-order valence-corrected chi connectivity index (χ0v) is 15.5. The molecule has 2 heterocycles. The molecule has 2 aromatic rings. The van der Waals surface area contributed by atoms with Crippen molar-refractivity contribution in [3.8, 4) is 10.7 Å². The van der Waals surface area contributed by atoms with Crippen LogP contribution in [0.15, 0.2) is 12.1 Å². The Hall–Kier alpha value is -0.690. The Bertz CT molecular complexity index is 614. The zero-order valence-electron chi connectivity index (χ0n) is 12.5. The van der Waals surface area contributed by atoms with E-state index in [2.05, 4.69) is 74.7 Å². The van der Waals surface area contributed by atoms with E-state index in [1.807, 2.05) is 0 Å². The Labute approximate surface area is 138 Å². The Morgan fingerprint density at radius 1 is 1.25 bits per heavy atom. The number of hydrogen-bond donors (Lipinski definition) is 1. The van der Waals surface area contributed by atoms with Crippen molar-refractivity contribution in [1.82, 2.24) is 9.97 Å². The number of anilines is 1. The summed E-state index contributed by atoms with van der Waals surface area (Å²) in [5.41, 5.74) is 1.11. The van der Waals surface area contributed by atoms with Gasteiger partial charge < -0.3 is 5.32 Å². The number of rotatable bonds is 3. The fraction of sp³-hybridized carbons (Fsp3) is 0.467. The van der Waals surface area contributed by atoms with Crippen LogP contribution in [0.1, 0.15) is 38.3 Å². The van der Waals surface area contributed by atoms with E-state index in [0.717, 1.165) is 32.3 Å². The molecule has 0 bridgehead atoms. The van der Waals surface area contributed by atoms with Crippen LogP contribution in [0.3, 0.4) is 0 Å². The van der Waals surface area contributed by atoms with E-state index < -0.39 is 0 Å². The molecular weight excluding hydrogens is 381 g/mol. The second kappa shape index (κ2) is 5.97. The maximum absolute atomic E-state index is 4.82. The van der Waals surface area contributed by atoms with E-state index in [1.165, 1.54) is 4.88 Å². The summed E-state index contributed by atoms with van der Waals surface area (Å²) >= 11 is 4.08. The van der Waals surface area contributed by atoms with E-state index in [-0.39, 0.29) is 5.41 Å². The van der Waals surface area contributed by atoms with Gasteiger partial charge in [-0.3, -0.25) is 0 Å². The average Bonchev–Trinajstić information content (AvgIpc) is 2.77. The second-order valence-corrected chi connectivity index (χ2v) is 8.12. The van der Waals surface area contributed by atoms with Crippen LogP contribution in [0.2, 0.25) is 0 Å². The van der Waals surface area contributed by atoms with E-state index in [9.17, 15) is 0 Å². The number of nitrogens with one attached hydrogen (secondary N) is 1. The highest BCUT2D eigenvalue weighted by Gasteiger charge is 2.23. The molecule has 1 N–H and O–H groups in total. The summed E-state index contributed by atoms with van der Waals surface area (Å²) in [4.78, 5) is 11.9. The van der Waals surface area contributed by atoms with Gasteiger partial charge in [-0.1, -0.05) is 20.8 Å². The van der Waals surface area contributed by atoms with Crippen molar-refractivity contribution in [2.75, 3.05) is 11.9 Å². The van der Waals surface area contributed by atoms with Crippen molar-refractivity contribution in [2.45, 2.75) is 40.0 Å². The fourth-order valence-corrected chi connectivity index (χ4v) is 3.94. The van der Waals surface area contributed by atoms with Gasteiger partial charge in [0, 0.05) is 16.8 Å². The minimum Gasteiger partial charge on any atom is -0.369 e. The smallest absolute Gasteiger partial charge is 0.171 e.